The predicted octanol–water partition coefficient (Wildman–Crippen LogP) is 2.29. The van der Waals surface area contributed by atoms with Crippen LogP contribution < -0.4 is 27.3 Å². The van der Waals surface area contributed by atoms with Gasteiger partial charge in [-0.15, -0.1) is 11.3 Å². The Balaban J connectivity index is 1.61. The van der Waals surface area contributed by atoms with Crippen LogP contribution >= 0.6 is 23.1 Å². The van der Waals surface area contributed by atoms with Crippen molar-refractivity contribution in [1.82, 2.24) is 18.7 Å². The number of carbonyl (C=O) groups is 1. The lowest BCUT2D eigenvalue weighted by atomic mass is 9.97. The number of fused-ring (bicyclic) bond motifs is 3. The summed E-state index contributed by atoms with van der Waals surface area (Å²) in [6, 6.07) is 7.03. The molecule has 0 saturated carbocycles. The lowest BCUT2D eigenvalue weighted by Gasteiger charge is -2.14. The summed E-state index contributed by atoms with van der Waals surface area (Å²) in [7, 11) is 4.26. The van der Waals surface area contributed by atoms with Gasteiger partial charge < -0.3 is 10.5 Å². The van der Waals surface area contributed by atoms with Crippen molar-refractivity contribution in [2.45, 2.75) is 30.8 Å². The van der Waals surface area contributed by atoms with Crippen molar-refractivity contribution in [2.24, 2.45) is 14.1 Å². The Morgan fingerprint density at radius 2 is 1.78 bits per heavy atom. The summed E-state index contributed by atoms with van der Waals surface area (Å²) in [5, 5.41) is 0.956. The lowest BCUT2D eigenvalue weighted by molar-refractivity contribution is 0.102. The molecule has 0 spiro atoms. The summed E-state index contributed by atoms with van der Waals surface area (Å²) in [5.74, 6) is -0.305. The molecule has 0 saturated heterocycles. The largest absolute Gasteiger partial charge is 0.497 e. The molecule has 3 heterocycles. The predicted molar refractivity (Wildman–Crippen MR) is 145 cm³/mol. The van der Waals surface area contributed by atoms with Gasteiger partial charge in [0.15, 0.2) is 10.9 Å². The third-order valence-corrected chi connectivity index (χ3v) is 8.73. The Hall–Kier alpha value is -3.64. The van der Waals surface area contributed by atoms with E-state index in [9.17, 15) is 19.2 Å². The SMILES string of the molecule is COc1ccc(-n2c(SCC(=O)c3c(N)n(C)c(=O)n(C)c3=O)nc3sc4c(c3c2=O)CCCC4)cc1. The van der Waals surface area contributed by atoms with Gasteiger partial charge in [0.25, 0.3) is 11.1 Å². The molecule has 3 aromatic heterocycles. The van der Waals surface area contributed by atoms with E-state index in [0.29, 0.717) is 26.8 Å². The van der Waals surface area contributed by atoms with Crippen molar-refractivity contribution in [3.05, 3.63) is 71.5 Å². The molecule has 1 aliphatic rings. The molecule has 1 aromatic carbocycles. The van der Waals surface area contributed by atoms with Gasteiger partial charge in [0.05, 0.1) is 23.9 Å². The van der Waals surface area contributed by atoms with Crippen LogP contribution in [0.3, 0.4) is 0 Å². The molecule has 192 valence electrons. The van der Waals surface area contributed by atoms with Gasteiger partial charge in [0, 0.05) is 19.0 Å². The molecule has 0 bridgehead atoms. The second-order valence-corrected chi connectivity index (χ2v) is 10.8. The summed E-state index contributed by atoms with van der Waals surface area (Å²) in [6.07, 6.45) is 3.88. The Bertz CT molecular complexity index is 1730. The number of ketones is 1. The molecule has 4 aromatic rings. The molecule has 10 nitrogen and oxygen atoms in total. The fourth-order valence-electron chi connectivity index (χ4n) is 4.57. The molecular formula is C25H25N5O5S2. The van der Waals surface area contributed by atoms with Gasteiger partial charge in [0.1, 0.15) is 22.0 Å². The second-order valence-electron chi connectivity index (χ2n) is 8.80. The quantitative estimate of drug-likeness (QED) is 0.224. The molecular weight excluding hydrogens is 514 g/mol. The van der Waals surface area contributed by atoms with Crippen LogP contribution in [0.5, 0.6) is 5.75 Å². The molecule has 0 unspecified atom stereocenters. The van der Waals surface area contributed by atoms with Gasteiger partial charge >= 0.3 is 5.69 Å². The number of Topliss-reactive ketones (excluding diaryl/α,β-unsaturated/α-hetero) is 1. The van der Waals surface area contributed by atoms with Crippen molar-refractivity contribution in [2.75, 3.05) is 18.6 Å². The number of carbonyl (C=O) groups excluding carboxylic acids is 1. The number of nitrogens with zero attached hydrogens (tertiary/aromatic N) is 4. The van der Waals surface area contributed by atoms with Gasteiger partial charge in [0.2, 0.25) is 0 Å². The number of nitrogen functional groups attached to an aromatic ring is 1. The Kier molecular flexibility index (Phi) is 6.54. The first kappa shape index (κ1) is 25.0. The summed E-state index contributed by atoms with van der Waals surface area (Å²) in [4.78, 5) is 58.5. The van der Waals surface area contributed by atoms with Gasteiger partial charge in [-0.25, -0.2) is 9.78 Å². The maximum Gasteiger partial charge on any atom is 0.332 e. The highest BCUT2D eigenvalue weighted by Crippen LogP contribution is 2.35. The highest BCUT2D eigenvalue weighted by Gasteiger charge is 2.25. The van der Waals surface area contributed by atoms with Crippen molar-refractivity contribution in [1.29, 1.82) is 0 Å². The monoisotopic (exact) mass is 539 g/mol. The number of hydrogen-bond donors (Lipinski definition) is 1. The number of benzene rings is 1. The molecule has 0 aliphatic heterocycles. The molecule has 0 amide bonds. The number of nitrogens with two attached hydrogens (primary N) is 1. The van der Waals surface area contributed by atoms with Crippen LogP contribution in [0.1, 0.15) is 33.6 Å². The first-order valence-corrected chi connectivity index (χ1v) is 13.5. The van der Waals surface area contributed by atoms with Crippen LogP contribution in [0.4, 0.5) is 5.82 Å². The number of thiophene rings is 1. The van der Waals surface area contributed by atoms with Crippen LogP contribution in [0.25, 0.3) is 15.9 Å². The molecule has 0 fully saturated rings. The van der Waals surface area contributed by atoms with Crippen molar-refractivity contribution in [3.63, 3.8) is 0 Å². The number of aryl methyl sites for hydroxylation is 2. The maximum atomic E-state index is 13.9. The van der Waals surface area contributed by atoms with Gasteiger partial charge in [-0.05, 0) is 55.5 Å². The van der Waals surface area contributed by atoms with Gasteiger partial charge in [-0.1, -0.05) is 11.8 Å². The topological polar surface area (TPSA) is 131 Å². The Labute approximate surface area is 219 Å². The molecule has 37 heavy (non-hydrogen) atoms. The minimum Gasteiger partial charge on any atom is -0.497 e. The zero-order valence-corrected chi connectivity index (χ0v) is 22.2. The van der Waals surface area contributed by atoms with E-state index in [1.807, 2.05) is 0 Å². The summed E-state index contributed by atoms with van der Waals surface area (Å²) in [5.41, 5.74) is 5.79. The number of methoxy groups -OCH3 is 1. The van der Waals surface area contributed by atoms with E-state index in [1.165, 1.54) is 34.9 Å². The van der Waals surface area contributed by atoms with Crippen molar-refractivity contribution >= 4 is 44.9 Å². The van der Waals surface area contributed by atoms with E-state index >= 15 is 0 Å². The standard InChI is InChI=1S/C25H25N5O5S2/c1-28-20(26)19(22(32)29(2)25(28)34)16(31)12-36-24-27-21-18(15-6-4-5-7-17(15)37-21)23(33)30(24)13-8-10-14(35-3)11-9-13/h8-11H,4-7,12,26H2,1-3H3. The fraction of sp³-hybridized carbons (Fsp3) is 0.320. The van der Waals surface area contributed by atoms with Gasteiger partial charge in [-0.3, -0.25) is 28.1 Å². The van der Waals surface area contributed by atoms with Crippen LogP contribution in [0, 0.1) is 0 Å². The number of hydrogen-bond acceptors (Lipinski definition) is 9. The van der Waals surface area contributed by atoms with Crippen LogP contribution in [0.15, 0.2) is 43.8 Å². The van der Waals surface area contributed by atoms with E-state index in [4.69, 9.17) is 15.5 Å². The summed E-state index contributed by atoms with van der Waals surface area (Å²) in [6.45, 7) is 0. The van der Waals surface area contributed by atoms with E-state index in [-0.39, 0.29) is 22.7 Å². The zero-order chi connectivity index (χ0) is 26.4. The molecule has 2 N–H and O–H groups in total. The minimum atomic E-state index is -0.756. The number of ether oxygens (including phenoxy) is 1. The third-order valence-electron chi connectivity index (χ3n) is 6.61. The highest BCUT2D eigenvalue weighted by molar-refractivity contribution is 7.99. The summed E-state index contributed by atoms with van der Waals surface area (Å²) < 4.78 is 8.67. The minimum absolute atomic E-state index is 0.193. The zero-order valence-electron chi connectivity index (χ0n) is 20.6. The van der Waals surface area contributed by atoms with Gasteiger partial charge in [-0.2, -0.15) is 0 Å². The van der Waals surface area contributed by atoms with E-state index < -0.39 is 17.0 Å². The van der Waals surface area contributed by atoms with Crippen LogP contribution in [-0.4, -0.2) is 37.3 Å². The van der Waals surface area contributed by atoms with Crippen molar-refractivity contribution < 1.29 is 9.53 Å². The molecule has 0 radical (unpaired) electrons. The highest BCUT2D eigenvalue weighted by atomic mass is 32.2. The molecule has 0 atom stereocenters. The fourth-order valence-corrected chi connectivity index (χ4v) is 6.75. The van der Waals surface area contributed by atoms with E-state index in [1.54, 1.807) is 31.4 Å². The first-order chi connectivity index (χ1) is 17.7. The lowest BCUT2D eigenvalue weighted by Crippen LogP contribution is -2.41. The molecule has 5 rings (SSSR count). The van der Waals surface area contributed by atoms with E-state index in [0.717, 1.165) is 52.1 Å². The summed E-state index contributed by atoms with van der Waals surface area (Å²) >= 11 is 2.57. The number of thioether (sulfide) groups is 1. The number of aromatic nitrogens is 4. The maximum absolute atomic E-state index is 13.9. The smallest absolute Gasteiger partial charge is 0.332 e. The van der Waals surface area contributed by atoms with E-state index in [2.05, 4.69) is 0 Å². The number of anilines is 1. The molecule has 12 heteroatoms. The Morgan fingerprint density at radius 3 is 2.49 bits per heavy atom. The van der Waals surface area contributed by atoms with Crippen LogP contribution in [0.2, 0.25) is 0 Å². The third kappa shape index (κ3) is 4.19. The average Bonchev–Trinajstić information content (AvgIpc) is 3.28. The Morgan fingerprint density at radius 1 is 1.08 bits per heavy atom. The molecule has 1 aliphatic carbocycles. The number of rotatable bonds is 6. The van der Waals surface area contributed by atoms with Crippen LogP contribution in [-0.2, 0) is 26.9 Å². The first-order valence-electron chi connectivity index (χ1n) is 11.7. The average molecular weight is 540 g/mol. The normalized spacial score (nSPS) is 13.1. The van der Waals surface area contributed by atoms with Crippen molar-refractivity contribution in [3.8, 4) is 11.4 Å². The second kappa shape index (κ2) is 9.67.